The van der Waals surface area contributed by atoms with Gasteiger partial charge in [-0.3, -0.25) is 4.79 Å². The van der Waals surface area contributed by atoms with Gasteiger partial charge in [-0.1, -0.05) is 52.8 Å². The Hall–Kier alpha value is -4.26. The number of nitrogens with one attached hydrogen (secondary N) is 2. The first-order valence-electron chi connectivity index (χ1n) is 12.5. The number of ether oxygens (including phenoxy) is 1. The summed E-state index contributed by atoms with van der Waals surface area (Å²) in [7, 11) is 1.33. The summed E-state index contributed by atoms with van der Waals surface area (Å²) in [4.78, 5) is 24.7. The Balaban J connectivity index is 0.00000195. The van der Waals surface area contributed by atoms with E-state index in [2.05, 4.69) is 5.32 Å². The molecule has 0 spiro atoms. The van der Waals surface area contributed by atoms with Crippen LogP contribution in [0.4, 0.5) is 10.1 Å². The van der Waals surface area contributed by atoms with Crippen molar-refractivity contribution < 1.29 is 18.7 Å². The maximum Gasteiger partial charge on any atom is 0.337 e. The fraction of sp³-hybridized carbons (Fsp3) is 0.258. The molecular weight excluding hydrogens is 481 g/mol. The standard InChI is InChI=1S/C29H28FN3O3.C2H6/c1-17-26(18-9-11-19(12-10-18)27(34)36-5)23-15-24(32-28(35)29(2,3)4)20(16-31)13-25(23)33(17)22-8-6-7-21(30)14-22;1-2/h6-16,31H,1-5H3,(H,32,35);1-2H3. The zero-order valence-electron chi connectivity index (χ0n) is 22.9. The number of nitrogens with zero attached hydrogens (tertiary/aromatic N) is 1. The summed E-state index contributed by atoms with van der Waals surface area (Å²) in [6, 6.07) is 17.0. The molecule has 0 aliphatic heterocycles. The van der Waals surface area contributed by atoms with Gasteiger partial charge in [-0.2, -0.15) is 0 Å². The van der Waals surface area contributed by atoms with Crippen LogP contribution in [0.5, 0.6) is 0 Å². The summed E-state index contributed by atoms with van der Waals surface area (Å²) < 4.78 is 20.9. The summed E-state index contributed by atoms with van der Waals surface area (Å²) >= 11 is 0. The van der Waals surface area contributed by atoms with Crippen molar-refractivity contribution in [2.24, 2.45) is 5.41 Å². The SMILES string of the molecule is CC.COC(=O)c1ccc(-c2c(C)n(-c3cccc(F)c3)c3cc(C=N)c(NC(=O)C(C)(C)C)cc23)cc1. The molecule has 1 heterocycles. The average molecular weight is 516 g/mol. The van der Waals surface area contributed by atoms with Crippen LogP contribution < -0.4 is 5.32 Å². The molecule has 7 heteroatoms. The molecule has 3 aromatic carbocycles. The number of fused-ring (bicyclic) bond motifs is 1. The molecule has 198 valence electrons. The number of carbonyl (C=O) groups is 2. The highest BCUT2D eigenvalue weighted by Crippen LogP contribution is 2.39. The highest BCUT2D eigenvalue weighted by molar-refractivity contribution is 6.08. The van der Waals surface area contributed by atoms with Crippen LogP contribution in [0, 0.1) is 23.6 Å². The Morgan fingerprint density at radius 3 is 2.24 bits per heavy atom. The first kappa shape index (κ1) is 28.3. The molecule has 0 radical (unpaired) electrons. The van der Waals surface area contributed by atoms with E-state index >= 15 is 0 Å². The van der Waals surface area contributed by atoms with Gasteiger partial charge in [0.15, 0.2) is 0 Å². The largest absolute Gasteiger partial charge is 0.465 e. The number of amides is 1. The molecule has 0 unspecified atom stereocenters. The summed E-state index contributed by atoms with van der Waals surface area (Å²) in [5.74, 6) is -0.961. The first-order valence-corrected chi connectivity index (χ1v) is 12.5. The number of aromatic nitrogens is 1. The van der Waals surface area contributed by atoms with Gasteiger partial charge in [0.05, 0.1) is 23.9 Å². The summed E-state index contributed by atoms with van der Waals surface area (Å²) in [5.41, 5.74) is 4.81. The number of rotatable bonds is 5. The second-order valence-corrected chi connectivity index (χ2v) is 9.65. The van der Waals surface area contributed by atoms with Crippen LogP contribution in [-0.4, -0.2) is 29.8 Å². The van der Waals surface area contributed by atoms with Crippen LogP contribution >= 0.6 is 0 Å². The molecule has 38 heavy (non-hydrogen) atoms. The number of hydrogen-bond acceptors (Lipinski definition) is 4. The van der Waals surface area contributed by atoms with Gasteiger partial charge < -0.3 is 20.0 Å². The minimum absolute atomic E-state index is 0.171. The minimum Gasteiger partial charge on any atom is -0.465 e. The molecule has 4 rings (SSSR count). The number of anilines is 1. The fourth-order valence-corrected chi connectivity index (χ4v) is 4.22. The molecule has 0 fully saturated rings. The number of benzene rings is 3. The van der Waals surface area contributed by atoms with Gasteiger partial charge in [0.2, 0.25) is 5.91 Å². The highest BCUT2D eigenvalue weighted by atomic mass is 19.1. The molecule has 0 saturated heterocycles. The van der Waals surface area contributed by atoms with Crippen molar-refractivity contribution in [2.75, 3.05) is 12.4 Å². The monoisotopic (exact) mass is 515 g/mol. The van der Waals surface area contributed by atoms with Gasteiger partial charge >= 0.3 is 5.97 Å². The highest BCUT2D eigenvalue weighted by Gasteiger charge is 2.24. The van der Waals surface area contributed by atoms with Crippen molar-refractivity contribution in [3.8, 4) is 16.8 Å². The number of methoxy groups -OCH3 is 1. The maximum atomic E-state index is 14.2. The molecule has 1 aromatic heterocycles. The first-order chi connectivity index (χ1) is 18.0. The molecule has 0 atom stereocenters. The number of halogens is 1. The van der Waals surface area contributed by atoms with E-state index in [4.69, 9.17) is 10.1 Å². The van der Waals surface area contributed by atoms with Crippen LogP contribution in [0.2, 0.25) is 0 Å². The Morgan fingerprint density at radius 1 is 1.03 bits per heavy atom. The van der Waals surface area contributed by atoms with Crippen LogP contribution in [0.25, 0.3) is 27.7 Å². The van der Waals surface area contributed by atoms with E-state index in [0.717, 1.165) is 27.7 Å². The molecule has 0 bridgehead atoms. The second kappa shape index (κ2) is 11.4. The molecule has 0 saturated carbocycles. The second-order valence-electron chi connectivity index (χ2n) is 9.65. The van der Waals surface area contributed by atoms with Gasteiger partial charge in [0, 0.05) is 39.5 Å². The van der Waals surface area contributed by atoms with E-state index in [-0.39, 0.29) is 11.7 Å². The lowest BCUT2D eigenvalue weighted by molar-refractivity contribution is -0.123. The fourth-order valence-electron chi connectivity index (χ4n) is 4.22. The van der Waals surface area contributed by atoms with E-state index in [1.165, 1.54) is 25.5 Å². The Labute approximate surface area is 223 Å². The van der Waals surface area contributed by atoms with Crippen LogP contribution in [0.3, 0.4) is 0 Å². The van der Waals surface area contributed by atoms with Crippen molar-refractivity contribution in [3.63, 3.8) is 0 Å². The van der Waals surface area contributed by atoms with Gasteiger partial charge in [-0.25, -0.2) is 9.18 Å². The average Bonchev–Trinajstić information content (AvgIpc) is 3.18. The molecule has 1 amide bonds. The Bertz CT molecular complexity index is 1500. The predicted octanol–water partition coefficient (Wildman–Crippen LogP) is 7.54. The van der Waals surface area contributed by atoms with Gasteiger partial charge in [-0.15, -0.1) is 0 Å². The van der Waals surface area contributed by atoms with Gasteiger partial charge in [0.25, 0.3) is 0 Å². The van der Waals surface area contributed by atoms with Crippen LogP contribution in [0.15, 0.2) is 60.7 Å². The summed E-state index contributed by atoms with van der Waals surface area (Å²) in [6.45, 7) is 11.4. The van der Waals surface area contributed by atoms with E-state index in [1.807, 2.05) is 76.4 Å². The van der Waals surface area contributed by atoms with E-state index in [0.29, 0.717) is 22.5 Å². The Kier molecular flexibility index (Phi) is 8.51. The normalized spacial score (nSPS) is 10.9. The number of hydrogen-bond donors (Lipinski definition) is 2. The summed E-state index contributed by atoms with van der Waals surface area (Å²) in [5, 5.41) is 11.8. The van der Waals surface area contributed by atoms with Crippen molar-refractivity contribution in [1.82, 2.24) is 4.57 Å². The summed E-state index contributed by atoms with van der Waals surface area (Å²) in [6.07, 6.45) is 1.20. The van der Waals surface area contributed by atoms with Gasteiger partial charge in [-0.05, 0) is 55.0 Å². The molecule has 0 aliphatic carbocycles. The lowest BCUT2D eigenvalue weighted by atomic mass is 9.95. The van der Waals surface area contributed by atoms with E-state index in [9.17, 15) is 14.0 Å². The lowest BCUT2D eigenvalue weighted by Crippen LogP contribution is -2.28. The third kappa shape index (κ3) is 5.52. The zero-order valence-corrected chi connectivity index (χ0v) is 22.9. The number of carbonyl (C=O) groups excluding carboxylic acids is 2. The van der Waals surface area contributed by atoms with E-state index in [1.54, 1.807) is 18.2 Å². The van der Waals surface area contributed by atoms with Gasteiger partial charge in [0.1, 0.15) is 5.82 Å². The zero-order chi connectivity index (χ0) is 28.2. The maximum absolute atomic E-state index is 14.2. The third-order valence-corrected chi connectivity index (χ3v) is 6.12. The van der Waals surface area contributed by atoms with Crippen molar-refractivity contribution in [2.45, 2.75) is 41.5 Å². The topological polar surface area (TPSA) is 84.2 Å². The predicted molar refractivity (Wildman–Crippen MR) is 152 cm³/mol. The lowest BCUT2D eigenvalue weighted by Gasteiger charge is -2.19. The quantitative estimate of drug-likeness (QED) is 0.213. The van der Waals surface area contributed by atoms with Crippen molar-refractivity contribution in [1.29, 1.82) is 5.41 Å². The molecule has 2 N–H and O–H groups in total. The molecule has 4 aromatic rings. The molecular formula is C31H34FN3O3. The van der Waals surface area contributed by atoms with Crippen molar-refractivity contribution in [3.05, 3.63) is 83.3 Å². The smallest absolute Gasteiger partial charge is 0.337 e. The Morgan fingerprint density at radius 2 is 1.68 bits per heavy atom. The minimum atomic E-state index is -0.621. The molecule has 0 aliphatic rings. The van der Waals surface area contributed by atoms with E-state index < -0.39 is 11.4 Å². The van der Waals surface area contributed by atoms with Crippen LogP contribution in [0.1, 0.15) is 56.2 Å². The number of esters is 1. The molecule has 6 nitrogen and oxygen atoms in total. The van der Waals surface area contributed by atoms with Crippen molar-refractivity contribution >= 4 is 34.7 Å². The third-order valence-electron chi connectivity index (χ3n) is 6.12. The van der Waals surface area contributed by atoms with Crippen LogP contribution in [-0.2, 0) is 9.53 Å².